The Labute approximate surface area is 114 Å². The standard InChI is InChI=1S/C14H23NO4/c1-2-18-14(17)6-5-13(16)15-8-7-12(9-15)19-10-11-3-4-11/h11-12H,2-10H2,1H3. The van der Waals surface area contributed by atoms with Crippen molar-refractivity contribution >= 4 is 11.9 Å². The lowest BCUT2D eigenvalue weighted by molar-refractivity contribution is -0.145. The summed E-state index contributed by atoms with van der Waals surface area (Å²) in [4.78, 5) is 24.9. The summed E-state index contributed by atoms with van der Waals surface area (Å²) in [6.45, 7) is 4.40. The van der Waals surface area contributed by atoms with Gasteiger partial charge in [0.15, 0.2) is 0 Å². The van der Waals surface area contributed by atoms with Crippen LogP contribution in [-0.4, -0.2) is 49.2 Å². The van der Waals surface area contributed by atoms with Gasteiger partial charge in [0.25, 0.3) is 0 Å². The Bertz CT molecular complexity index is 327. The number of hydrogen-bond donors (Lipinski definition) is 0. The fourth-order valence-corrected chi connectivity index (χ4v) is 2.25. The van der Waals surface area contributed by atoms with Crippen molar-refractivity contribution in [3.05, 3.63) is 0 Å². The van der Waals surface area contributed by atoms with Crippen LogP contribution in [0.1, 0.15) is 39.0 Å². The minimum Gasteiger partial charge on any atom is -0.466 e. The number of amides is 1. The maximum atomic E-state index is 11.9. The van der Waals surface area contributed by atoms with Gasteiger partial charge < -0.3 is 14.4 Å². The molecule has 1 unspecified atom stereocenters. The quantitative estimate of drug-likeness (QED) is 0.655. The minimum absolute atomic E-state index is 0.0329. The third kappa shape index (κ3) is 4.82. The maximum Gasteiger partial charge on any atom is 0.306 e. The number of esters is 1. The zero-order valence-corrected chi connectivity index (χ0v) is 11.6. The van der Waals surface area contributed by atoms with Gasteiger partial charge in [0.05, 0.1) is 19.1 Å². The van der Waals surface area contributed by atoms with E-state index in [4.69, 9.17) is 9.47 Å². The first-order chi connectivity index (χ1) is 9.19. The van der Waals surface area contributed by atoms with Crippen molar-refractivity contribution in [2.75, 3.05) is 26.3 Å². The second-order valence-electron chi connectivity index (χ2n) is 5.33. The van der Waals surface area contributed by atoms with E-state index in [0.717, 1.165) is 25.5 Å². The van der Waals surface area contributed by atoms with E-state index in [9.17, 15) is 9.59 Å². The van der Waals surface area contributed by atoms with E-state index in [2.05, 4.69) is 0 Å². The Morgan fingerprint density at radius 1 is 1.21 bits per heavy atom. The molecule has 0 aromatic heterocycles. The summed E-state index contributed by atoms with van der Waals surface area (Å²) in [6.07, 6.45) is 4.10. The van der Waals surface area contributed by atoms with Gasteiger partial charge in [0.2, 0.25) is 5.91 Å². The molecule has 0 aromatic rings. The molecule has 2 aliphatic rings. The largest absolute Gasteiger partial charge is 0.466 e. The Morgan fingerprint density at radius 3 is 2.68 bits per heavy atom. The molecule has 1 aliphatic carbocycles. The van der Waals surface area contributed by atoms with E-state index in [-0.39, 0.29) is 30.8 Å². The smallest absolute Gasteiger partial charge is 0.306 e. The van der Waals surface area contributed by atoms with Gasteiger partial charge in [-0.05, 0) is 32.1 Å². The third-order valence-electron chi connectivity index (χ3n) is 3.61. The van der Waals surface area contributed by atoms with Crippen LogP contribution in [-0.2, 0) is 19.1 Å². The summed E-state index contributed by atoms with van der Waals surface area (Å²) in [6, 6.07) is 0. The molecule has 2 fully saturated rings. The molecule has 0 spiro atoms. The molecule has 5 nitrogen and oxygen atoms in total. The summed E-state index contributed by atoms with van der Waals surface area (Å²) >= 11 is 0. The lowest BCUT2D eigenvalue weighted by Crippen LogP contribution is -2.30. The Balaban J connectivity index is 1.61. The second-order valence-corrected chi connectivity index (χ2v) is 5.33. The molecular weight excluding hydrogens is 246 g/mol. The van der Waals surface area contributed by atoms with Crippen LogP contribution in [0.2, 0.25) is 0 Å². The first-order valence-corrected chi connectivity index (χ1v) is 7.24. The molecule has 1 saturated carbocycles. The number of nitrogens with zero attached hydrogens (tertiary/aromatic N) is 1. The highest BCUT2D eigenvalue weighted by atomic mass is 16.5. The van der Waals surface area contributed by atoms with Crippen LogP contribution in [0.4, 0.5) is 0 Å². The molecule has 1 aliphatic heterocycles. The van der Waals surface area contributed by atoms with E-state index in [1.807, 2.05) is 0 Å². The fraction of sp³-hybridized carbons (Fsp3) is 0.857. The Hall–Kier alpha value is -1.10. The van der Waals surface area contributed by atoms with Crippen LogP contribution in [0.5, 0.6) is 0 Å². The molecule has 108 valence electrons. The van der Waals surface area contributed by atoms with Gasteiger partial charge in [-0.15, -0.1) is 0 Å². The molecule has 0 radical (unpaired) electrons. The summed E-state index contributed by atoms with van der Waals surface area (Å²) < 4.78 is 10.6. The summed E-state index contributed by atoms with van der Waals surface area (Å²) in [5.41, 5.74) is 0. The molecular formula is C14H23NO4. The molecule has 19 heavy (non-hydrogen) atoms. The van der Waals surface area contributed by atoms with Crippen LogP contribution < -0.4 is 0 Å². The topological polar surface area (TPSA) is 55.8 Å². The zero-order valence-electron chi connectivity index (χ0n) is 11.6. The highest BCUT2D eigenvalue weighted by molar-refractivity contribution is 5.81. The number of rotatable bonds is 7. The van der Waals surface area contributed by atoms with Gasteiger partial charge in [-0.25, -0.2) is 0 Å². The molecule has 0 N–H and O–H groups in total. The zero-order chi connectivity index (χ0) is 13.7. The minimum atomic E-state index is -0.295. The van der Waals surface area contributed by atoms with Gasteiger partial charge in [-0.1, -0.05) is 0 Å². The maximum absolute atomic E-state index is 11.9. The van der Waals surface area contributed by atoms with E-state index >= 15 is 0 Å². The van der Waals surface area contributed by atoms with E-state index in [1.54, 1.807) is 11.8 Å². The van der Waals surface area contributed by atoms with Gasteiger partial charge in [0.1, 0.15) is 0 Å². The van der Waals surface area contributed by atoms with Crippen molar-refractivity contribution in [3.8, 4) is 0 Å². The molecule has 5 heteroatoms. The van der Waals surface area contributed by atoms with Crippen molar-refractivity contribution in [2.45, 2.75) is 45.1 Å². The predicted octanol–water partition coefficient (Wildman–Crippen LogP) is 1.36. The summed E-state index contributed by atoms with van der Waals surface area (Å²) in [5.74, 6) is 0.496. The van der Waals surface area contributed by atoms with Gasteiger partial charge in [0, 0.05) is 26.1 Å². The molecule has 2 rings (SSSR count). The fourth-order valence-electron chi connectivity index (χ4n) is 2.25. The Morgan fingerprint density at radius 2 is 2.00 bits per heavy atom. The van der Waals surface area contributed by atoms with Crippen molar-refractivity contribution < 1.29 is 19.1 Å². The molecule has 1 saturated heterocycles. The SMILES string of the molecule is CCOC(=O)CCC(=O)N1CCC(OCC2CC2)C1. The average Bonchev–Trinajstić information content (AvgIpc) is 3.11. The van der Waals surface area contributed by atoms with Crippen molar-refractivity contribution in [3.63, 3.8) is 0 Å². The lowest BCUT2D eigenvalue weighted by Gasteiger charge is -2.16. The van der Waals surface area contributed by atoms with Crippen LogP contribution in [0.25, 0.3) is 0 Å². The van der Waals surface area contributed by atoms with Crippen molar-refractivity contribution in [2.24, 2.45) is 5.92 Å². The number of carbonyl (C=O) groups is 2. The van der Waals surface area contributed by atoms with Crippen molar-refractivity contribution in [1.29, 1.82) is 0 Å². The summed E-state index contributed by atoms with van der Waals surface area (Å²) in [7, 11) is 0. The van der Waals surface area contributed by atoms with E-state index < -0.39 is 0 Å². The lowest BCUT2D eigenvalue weighted by atomic mass is 10.3. The van der Waals surface area contributed by atoms with Crippen molar-refractivity contribution in [1.82, 2.24) is 4.90 Å². The number of ether oxygens (including phenoxy) is 2. The van der Waals surface area contributed by atoms with Gasteiger partial charge in [-0.3, -0.25) is 9.59 Å². The second kappa shape index (κ2) is 6.89. The number of hydrogen-bond acceptors (Lipinski definition) is 4. The normalized spacial score (nSPS) is 22.6. The number of carbonyl (C=O) groups excluding carboxylic acids is 2. The highest BCUT2D eigenvalue weighted by Crippen LogP contribution is 2.30. The molecule has 1 heterocycles. The van der Waals surface area contributed by atoms with Gasteiger partial charge >= 0.3 is 5.97 Å². The van der Waals surface area contributed by atoms with Crippen LogP contribution in [0.15, 0.2) is 0 Å². The van der Waals surface area contributed by atoms with Gasteiger partial charge in [-0.2, -0.15) is 0 Å². The van der Waals surface area contributed by atoms with E-state index in [1.165, 1.54) is 12.8 Å². The molecule has 0 aromatic carbocycles. The number of likely N-dealkylation sites (tertiary alicyclic amines) is 1. The predicted molar refractivity (Wildman–Crippen MR) is 69.5 cm³/mol. The Kier molecular flexibility index (Phi) is 5.19. The first kappa shape index (κ1) is 14.3. The summed E-state index contributed by atoms with van der Waals surface area (Å²) in [5, 5.41) is 0. The van der Waals surface area contributed by atoms with Crippen LogP contribution in [0, 0.1) is 5.92 Å². The third-order valence-corrected chi connectivity index (χ3v) is 3.61. The molecule has 1 atom stereocenters. The highest BCUT2D eigenvalue weighted by Gasteiger charge is 2.29. The molecule has 0 bridgehead atoms. The van der Waals surface area contributed by atoms with Crippen LogP contribution >= 0.6 is 0 Å². The monoisotopic (exact) mass is 269 g/mol. The molecule has 1 amide bonds. The van der Waals surface area contributed by atoms with Crippen LogP contribution in [0.3, 0.4) is 0 Å². The average molecular weight is 269 g/mol. The van der Waals surface area contributed by atoms with E-state index in [0.29, 0.717) is 13.2 Å². The first-order valence-electron chi connectivity index (χ1n) is 7.24.